The third-order valence-corrected chi connectivity index (χ3v) is 2.13. The standard InChI is InChI=1S/C9H10N2.C6H12O2/c1-2-11-9-5-3-4-8(6-9)7-10;1-3-5-8-6(7)4-2/h3-6,11H,2H2,1H3;3-5H2,1-2H3. The number of hydrogen-bond donors (Lipinski definition) is 1. The molecule has 0 bridgehead atoms. The Kier molecular flexibility index (Phi) is 9.91. The number of nitriles is 1. The maximum atomic E-state index is 10.3. The minimum atomic E-state index is -0.105. The molecule has 0 saturated heterocycles. The molecule has 104 valence electrons. The van der Waals surface area contributed by atoms with Crippen molar-refractivity contribution in [2.75, 3.05) is 18.5 Å². The lowest BCUT2D eigenvalue weighted by molar-refractivity contribution is -0.143. The van der Waals surface area contributed by atoms with Crippen LogP contribution in [0.3, 0.4) is 0 Å². The zero-order valence-electron chi connectivity index (χ0n) is 11.9. The number of carbonyl (C=O) groups is 1. The van der Waals surface area contributed by atoms with Crippen molar-refractivity contribution >= 4 is 11.7 Å². The van der Waals surface area contributed by atoms with Crippen molar-refractivity contribution in [2.45, 2.75) is 33.6 Å². The van der Waals surface area contributed by atoms with Crippen molar-refractivity contribution in [3.8, 4) is 6.07 Å². The topological polar surface area (TPSA) is 62.1 Å². The Balaban J connectivity index is 0.000000362. The van der Waals surface area contributed by atoms with Gasteiger partial charge in [-0.05, 0) is 31.5 Å². The van der Waals surface area contributed by atoms with Gasteiger partial charge >= 0.3 is 5.97 Å². The lowest BCUT2D eigenvalue weighted by atomic mass is 10.2. The van der Waals surface area contributed by atoms with Crippen LogP contribution in [-0.4, -0.2) is 19.1 Å². The van der Waals surface area contributed by atoms with Crippen LogP contribution in [0.4, 0.5) is 5.69 Å². The molecule has 0 aliphatic carbocycles. The van der Waals surface area contributed by atoms with Crippen LogP contribution < -0.4 is 5.32 Å². The van der Waals surface area contributed by atoms with Crippen LogP contribution in [0.1, 0.15) is 39.2 Å². The molecule has 1 N–H and O–H groups in total. The Hall–Kier alpha value is -2.02. The van der Waals surface area contributed by atoms with Crippen molar-refractivity contribution in [1.29, 1.82) is 5.26 Å². The SMILES string of the molecule is CCCOC(=O)CC.CCNc1cccc(C#N)c1. The monoisotopic (exact) mass is 262 g/mol. The molecule has 0 aromatic heterocycles. The highest BCUT2D eigenvalue weighted by molar-refractivity contribution is 5.68. The zero-order valence-corrected chi connectivity index (χ0v) is 11.9. The molecule has 0 atom stereocenters. The van der Waals surface area contributed by atoms with Crippen molar-refractivity contribution in [3.63, 3.8) is 0 Å². The minimum absolute atomic E-state index is 0.105. The first-order chi connectivity index (χ1) is 9.17. The van der Waals surface area contributed by atoms with E-state index in [9.17, 15) is 4.79 Å². The smallest absolute Gasteiger partial charge is 0.305 e. The predicted octanol–water partition coefficient (Wildman–Crippen LogP) is 3.34. The fourth-order valence-corrected chi connectivity index (χ4v) is 1.22. The van der Waals surface area contributed by atoms with E-state index in [1.54, 1.807) is 13.0 Å². The molecule has 0 spiro atoms. The highest BCUT2D eigenvalue weighted by Crippen LogP contribution is 2.08. The molecule has 0 fully saturated rings. The quantitative estimate of drug-likeness (QED) is 0.827. The molecule has 1 aromatic rings. The van der Waals surface area contributed by atoms with Gasteiger partial charge in [-0.2, -0.15) is 5.26 Å². The van der Waals surface area contributed by atoms with Crippen LogP contribution >= 0.6 is 0 Å². The second-order valence-corrected chi connectivity index (χ2v) is 3.80. The summed E-state index contributed by atoms with van der Waals surface area (Å²) in [7, 11) is 0. The largest absolute Gasteiger partial charge is 0.466 e. The highest BCUT2D eigenvalue weighted by atomic mass is 16.5. The number of benzene rings is 1. The average molecular weight is 262 g/mol. The van der Waals surface area contributed by atoms with Crippen molar-refractivity contribution in [1.82, 2.24) is 0 Å². The Bertz CT molecular complexity index is 411. The predicted molar refractivity (Wildman–Crippen MR) is 76.9 cm³/mol. The second-order valence-electron chi connectivity index (χ2n) is 3.80. The van der Waals surface area contributed by atoms with Crippen LogP contribution in [0.15, 0.2) is 24.3 Å². The number of esters is 1. The third-order valence-electron chi connectivity index (χ3n) is 2.13. The molecule has 0 heterocycles. The van der Waals surface area contributed by atoms with E-state index in [1.165, 1.54) is 0 Å². The van der Waals surface area contributed by atoms with E-state index in [-0.39, 0.29) is 5.97 Å². The number of hydrogen-bond acceptors (Lipinski definition) is 4. The van der Waals surface area contributed by atoms with Gasteiger partial charge in [0.2, 0.25) is 0 Å². The van der Waals surface area contributed by atoms with Gasteiger partial charge in [-0.3, -0.25) is 4.79 Å². The summed E-state index contributed by atoms with van der Waals surface area (Å²) in [5.74, 6) is -0.105. The van der Waals surface area contributed by atoms with Gasteiger partial charge in [-0.1, -0.05) is 19.9 Å². The summed E-state index contributed by atoms with van der Waals surface area (Å²) in [6.07, 6.45) is 1.39. The molecular formula is C15H22N2O2. The maximum absolute atomic E-state index is 10.3. The van der Waals surface area contributed by atoms with E-state index in [2.05, 4.69) is 11.4 Å². The Morgan fingerprint density at radius 1 is 1.37 bits per heavy atom. The van der Waals surface area contributed by atoms with Crippen LogP contribution in [0.5, 0.6) is 0 Å². The van der Waals surface area contributed by atoms with E-state index < -0.39 is 0 Å². The van der Waals surface area contributed by atoms with Crippen LogP contribution in [0, 0.1) is 11.3 Å². The van der Waals surface area contributed by atoms with E-state index in [0.717, 1.165) is 18.7 Å². The third kappa shape index (κ3) is 8.67. The normalized spacial score (nSPS) is 8.74. The Labute approximate surface area is 115 Å². The van der Waals surface area contributed by atoms with Crippen molar-refractivity contribution in [3.05, 3.63) is 29.8 Å². The molecule has 0 radical (unpaired) electrons. The van der Waals surface area contributed by atoms with E-state index in [4.69, 9.17) is 10.00 Å². The first kappa shape index (κ1) is 17.0. The van der Waals surface area contributed by atoms with Gasteiger partial charge in [0.05, 0.1) is 18.2 Å². The fourth-order valence-electron chi connectivity index (χ4n) is 1.22. The van der Waals surface area contributed by atoms with Gasteiger partial charge in [0.25, 0.3) is 0 Å². The molecule has 0 aliphatic heterocycles. The van der Waals surface area contributed by atoms with E-state index in [0.29, 0.717) is 18.6 Å². The van der Waals surface area contributed by atoms with Crippen molar-refractivity contribution < 1.29 is 9.53 Å². The van der Waals surface area contributed by atoms with Crippen molar-refractivity contribution in [2.24, 2.45) is 0 Å². The molecule has 0 saturated carbocycles. The summed E-state index contributed by atoms with van der Waals surface area (Å²) in [6.45, 7) is 7.24. The molecule has 0 aliphatic rings. The number of anilines is 1. The second kappa shape index (κ2) is 11.1. The molecular weight excluding hydrogens is 240 g/mol. The molecule has 0 unspecified atom stereocenters. The summed E-state index contributed by atoms with van der Waals surface area (Å²) >= 11 is 0. The van der Waals surface area contributed by atoms with Gasteiger partial charge in [0.15, 0.2) is 0 Å². The van der Waals surface area contributed by atoms with Crippen LogP contribution in [0.25, 0.3) is 0 Å². The average Bonchev–Trinajstić information content (AvgIpc) is 2.46. The molecule has 4 nitrogen and oxygen atoms in total. The first-order valence-corrected chi connectivity index (χ1v) is 6.57. The molecule has 19 heavy (non-hydrogen) atoms. The fraction of sp³-hybridized carbons (Fsp3) is 0.467. The van der Waals surface area contributed by atoms with Gasteiger partial charge in [0, 0.05) is 18.7 Å². The minimum Gasteiger partial charge on any atom is -0.466 e. The summed E-state index contributed by atoms with van der Waals surface area (Å²) in [5.41, 5.74) is 1.70. The molecule has 0 amide bonds. The van der Waals surface area contributed by atoms with Gasteiger partial charge < -0.3 is 10.1 Å². The number of nitrogens with zero attached hydrogens (tertiary/aromatic N) is 1. The summed E-state index contributed by atoms with van der Waals surface area (Å²) in [4.78, 5) is 10.3. The van der Waals surface area contributed by atoms with Crippen LogP contribution in [-0.2, 0) is 9.53 Å². The van der Waals surface area contributed by atoms with E-state index in [1.807, 2.05) is 32.0 Å². The number of carbonyl (C=O) groups excluding carboxylic acids is 1. The number of rotatable bonds is 5. The number of nitrogens with one attached hydrogen (secondary N) is 1. The molecule has 1 aromatic carbocycles. The lowest BCUT2D eigenvalue weighted by Crippen LogP contribution is -2.02. The van der Waals surface area contributed by atoms with Gasteiger partial charge in [0.1, 0.15) is 0 Å². The van der Waals surface area contributed by atoms with Gasteiger partial charge in [-0.15, -0.1) is 0 Å². The number of ether oxygens (including phenoxy) is 1. The van der Waals surface area contributed by atoms with E-state index >= 15 is 0 Å². The highest BCUT2D eigenvalue weighted by Gasteiger charge is 1.93. The summed E-state index contributed by atoms with van der Waals surface area (Å²) < 4.78 is 4.70. The maximum Gasteiger partial charge on any atom is 0.305 e. The first-order valence-electron chi connectivity index (χ1n) is 6.57. The molecule has 1 rings (SSSR count). The summed E-state index contributed by atoms with van der Waals surface area (Å²) in [6, 6.07) is 9.54. The molecule has 4 heteroatoms. The zero-order chi connectivity index (χ0) is 14.5. The Morgan fingerprint density at radius 3 is 2.63 bits per heavy atom. The van der Waals surface area contributed by atoms with Gasteiger partial charge in [-0.25, -0.2) is 0 Å². The lowest BCUT2D eigenvalue weighted by Gasteiger charge is -2.01. The summed E-state index contributed by atoms with van der Waals surface area (Å²) in [5, 5.41) is 11.7. The van der Waals surface area contributed by atoms with Crippen LogP contribution in [0.2, 0.25) is 0 Å². The Morgan fingerprint density at radius 2 is 2.11 bits per heavy atom.